The molecule has 1 unspecified atom stereocenters. The van der Waals surface area contributed by atoms with Crippen LogP contribution in [0, 0.1) is 0 Å². The lowest BCUT2D eigenvalue weighted by Gasteiger charge is -2.30. The first kappa shape index (κ1) is 14.3. The Bertz CT molecular complexity index is 265. The van der Waals surface area contributed by atoms with Gasteiger partial charge in [0.05, 0.1) is 0 Å². The summed E-state index contributed by atoms with van der Waals surface area (Å²) < 4.78 is 0. The lowest BCUT2D eigenvalue weighted by Crippen LogP contribution is -2.45. The van der Waals surface area contributed by atoms with E-state index in [1.807, 2.05) is 30.7 Å². The highest BCUT2D eigenvalue weighted by Gasteiger charge is 2.31. The Morgan fingerprint density at radius 1 is 1.18 bits per heavy atom. The van der Waals surface area contributed by atoms with Crippen molar-refractivity contribution in [2.75, 3.05) is 27.2 Å². The van der Waals surface area contributed by atoms with E-state index < -0.39 is 0 Å². The van der Waals surface area contributed by atoms with E-state index in [0.717, 1.165) is 19.5 Å². The van der Waals surface area contributed by atoms with E-state index in [2.05, 4.69) is 25.8 Å². The molecule has 2 amide bonds. The predicted octanol–water partition coefficient (Wildman–Crippen LogP) is 1.86. The summed E-state index contributed by atoms with van der Waals surface area (Å²) in [4.78, 5) is 18.3. The maximum absolute atomic E-state index is 12.2. The zero-order chi connectivity index (χ0) is 13.2. The van der Waals surface area contributed by atoms with Gasteiger partial charge in [0.15, 0.2) is 0 Å². The Morgan fingerprint density at radius 3 is 2.24 bits per heavy atom. The van der Waals surface area contributed by atoms with Crippen molar-refractivity contribution in [3.63, 3.8) is 0 Å². The van der Waals surface area contributed by atoms with Gasteiger partial charge in [0.2, 0.25) is 0 Å². The standard InChI is InChI=1S/C13H27N3O/c1-10(2)14(5)12-7-8-16(9-12)13(17)15(6)11(3)4/h10-12H,7-9H2,1-6H3. The molecule has 0 aromatic carbocycles. The van der Waals surface area contributed by atoms with Gasteiger partial charge in [-0.2, -0.15) is 0 Å². The predicted molar refractivity (Wildman–Crippen MR) is 71.2 cm³/mol. The first-order chi connectivity index (χ1) is 7.84. The Morgan fingerprint density at radius 2 is 1.76 bits per heavy atom. The Kier molecular flexibility index (Phi) is 4.80. The van der Waals surface area contributed by atoms with E-state index in [9.17, 15) is 4.79 Å². The third-order valence-electron chi connectivity index (χ3n) is 3.90. The molecule has 4 nitrogen and oxygen atoms in total. The van der Waals surface area contributed by atoms with Crippen molar-refractivity contribution in [3.8, 4) is 0 Å². The summed E-state index contributed by atoms with van der Waals surface area (Å²) in [5.74, 6) is 0. The van der Waals surface area contributed by atoms with E-state index in [4.69, 9.17) is 0 Å². The van der Waals surface area contributed by atoms with Gasteiger partial charge < -0.3 is 9.80 Å². The topological polar surface area (TPSA) is 26.8 Å². The summed E-state index contributed by atoms with van der Waals surface area (Å²) in [7, 11) is 4.03. The van der Waals surface area contributed by atoms with Crippen molar-refractivity contribution in [1.82, 2.24) is 14.7 Å². The molecule has 0 aromatic heterocycles. The van der Waals surface area contributed by atoms with Gasteiger partial charge in [0, 0.05) is 38.3 Å². The molecule has 0 aromatic rings. The van der Waals surface area contributed by atoms with Gasteiger partial charge >= 0.3 is 6.03 Å². The number of carbonyl (C=O) groups is 1. The molecule has 100 valence electrons. The van der Waals surface area contributed by atoms with Crippen LogP contribution in [0.4, 0.5) is 4.79 Å². The first-order valence-electron chi connectivity index (χ1n) is 6.58. The second-order valence-electron chi connectivity index (χ2n) is 5.63. The molecule has 1 atom stereocenters. The fourth-order valence-corrected chi connectivity index (χ4v) is 2.11. The third kappa shape index (κ3) is 3.35. The van der Waals surface area contributed by atoms with Crippen LogP contribution < -0.4 is 0 Å². The van der Waals surface area contributed by atoms with Crippen molar-refractivity contribution < 1.29 is 4.79 Å². The number of urea groups is 1. The highest BCUT2D eigenvalue weighted by atomic mass is 16.2. The van der Waals surface area contributed by atoms with E-state index >= 15 is 0 Å². The molecule has 0 spiro atoms. The van der Waals surface area contributed by atoms with Crippen LogP contribution in [-0.4, -0.2) is 66.0 Å². The van der Waals surface area contributed by atoms with Crippen LogP contribution in [0.25, 0.3) is 0 Å². The molecule has 1 heterocycles. The average Bonchev–Trinajstić information content (AvgIpc) is 2.74. The number of likely N-dealkylation sites (tertiary alicyclic amines) is 1. The monoisotopic (exact) mass is 241 g/mol. The van der Waals surface area contributed by atoms with Crippen molar-refractivity contribution in [3.05, 3.63) is 0 Å². The molecule has 17 heavy (non-hydrogen) atoms. The van der Waals surface area contributed by atoms with Gasteiger partial charge in [-0.1, -0.05) is 0 Å². The molecule has 0 bridgehead atoms. The smallest absolute Gasteiger partial charge is 0.320 e. The summed E-state index contributed by atoms with van der Waals surface area (Å²) >= 11 is 0. The number of hydrogen-bond donors (Lipinski definition) is 0. The number of amides is 2. The summed E-state index contributed by atoms with van der Waals surface area (Å²) in [6, 6.07) is 1.49. The Labute approximate surface area is 106 Å². The highest BCUT2D eigenvalue weighted by Crippen LogP contribution is 2.18. The van der Waals surface area contributed by atoms with Crippen LogP contribution in [0.15, 0.2) is 0 Å². The van der Waals surface area contributed by atoms with E-state index in [0.29, 0.717) is 12.1 Å². The van der Waals surface area contributed by atoms with Crippen molar-refractivity contribution in [2.24, 2.45) is 0 Å². The molecule has 1 aliphatic heterocycles. The minimum Gasteiger partial charge on any atom is -0.325 e. The number of rotatable bonds is 3. The van der Waals surface area contributed by atoms with Crippen LogP contribution in [0.3, 0.4) is 0 Å². The summed E-state index contributed by atoms with van der Waals surface area (Å²) in [5.41, 5.74) is 0. The van der Waals surface area contributed by atoms with Crippen molar-refractivity contribution in [2.45, 2.75) is 52.2 Å². The van der Waals surface area contributed by atoms with Crippen LogP contribution in [-0.2, 0) is 0 Å². The Hall–Kier alpha value is -0.770. The molecule has 0 radical (unpaired) electrons. The van der Waals surface area contributed by atoms with Gasteiger partial charge in [0.1, 0.15) is 0 Å². The van der Waals surface area contributed by atoms with Crippen LogP contribution >= 0.6 is 0 Å². The number of hydrogen-bond acceptors (Lipinski definition) is 2. The molecule has 0 saturated carbocycles. The van der Waals surface area contributed by atoms with Gasteiger partial charge in [-0.3, -0.25) is 4.90 Å². The molecule has 1 rings (SSSR count). The van der Waals surface area contributed by atoms with Crippen molar-refractivity contribution >= 4 is 6.03 Å². The summed E-state index contributed by atoms with van der Waals surface area (Å²) in [6.07, 6.45) is 1.09. The quantitative estimate of drug-likeness (QED) is 0.754. The molecule has 1 fully saturated rings. The third-order valence-corrected chi connectivity index (χ3v) is 3.90. The summed E-state index contributed by atoms with van der Waals surface area (Å²) in [6.45, 7) is 10.2. The molecule has 0 N–H and O–H groups in total. The first-order valence-corrected chi connectivity index (χ1v) is 6.58. The SMILES string of the molecule is CC(C)N(C)C(=O)N1CCC(N(C)C(C)C)C1. The van der Waals surface area contributed by atoms with Gasteiger partial charge in [0.25, 0.3) is 0 Å². The van der Waals surface area contributed by atoms with Gasteiger partial charge in [-0.25, -0.2) is 4.79 Å². The minimum absolute atomic E-state index is 0.166. The number of nitrogens with zero attached hydrogens (tertiary/aromatic N) is 3. The van der Waals surface area contributed by atoms with Crippen LogP contribution in [0.1, 0.15) is 34.1 Å². The maximum atomic E-state index is 12.2. The maximum Gasteiger partial charge on any atom is 0.320 e. The Balaban J connectivity index is 2.53. The minimum atomic E-state index is 0.166. The normalized spacial score (nSPS) is 20.8. The van der Waals surface area contributed by atoms with Crippen molar-refractivity contribution in [1.29, 1.82) is 0 Å². The van der Waals surface area contributed by atoms with Crippen LogP contribution in [0.2, 0.25) is 0 Å². The molecule has 1 saturated heterocycles. The lowest BCUT2D eigenvalue weighted by molar-refractivity contribution is 0.152. The number of likely N-dealkylation sites (N-methyl/N-ethyl adjacent to an activating group) is 1. The molecular formula is C13H27N3O. The molecule has 4 heteroatoms. The molecular weight excluding hydrogens is 214 g/mol. The second kappa shape index (κ2) is 5.71. The average molecular weight is 241 g/mol. The highest BCUT2D eigenvalue weighted by molar-refractivity contribution is 5.74. The van der Waals surface area contributed by atoms with Crippen LogP contribution in [0.5, 0.6) is 0 Å². The zero-order valence-corrected chi connectivity index (χ0v) is 12.1. The van der Waals surface area contributed by atoms with Gasteiger partial charge in [-0.15, -0.1) is 0 Å². The zero-order valence-electron chi connectivity index (χ0n) is 12.1. The number of carbonyl (C=O) groups excluding carboxylic acids is 1. The van der Waals surface area contributed by atoms with E-state index in [-0.39, 0.29) is 12.1 Å². The van der Waals surface area contributed by atoms with Gasteiger partial charge in [-0.05, 0) is 41.2 Å². The summed E-state index contributed by atoms with van der Waals surface area (Å²) in [5, 5.41) is 0. The lowest BCUT2D eigenvalue weighted by atomic mass is 10.2. The fourth-order valence-electron chi connectivity index (χ4n) is 2.11. The fraction of sp³-hybridized carbons (Fsp3) is 0.923. The second-order valence-corrected chi connectivity index (χ2v) is 5.63. The molecule has 0 aliphatic carbocycles. The molecule has 1 aliphatic rings. The van der Waals surface area contributed by atoms with E-state index in [1.54, 1.807) is 0 Å². The largest absolute Gasteiger partial charge is 0.325 e. The van der Waals surface area contributed by atoms with E-state index in [1.165, 1.54) is 0 Å².